The molecule has 4 rings (SSSR count). The maximum atomic E-state index is 12.5. The fraction of sp³-hybridized carbons (Fsp3) is 0.0800. The quantitative estimate of drug-likeness (QED) is 0.392. The number of benzene rings is 3. The standard InChI is InChI=1S/C25H19BrN2O4S/c1-15-2-9-20(10-3-15)27-25-28-23(29)22(33-25)13-18-12-19(26)8-11-21(18)32-14-16-4-6-17(7-5-16)24(30)31/h2-13H,14H2,1H3,(H,30,31)(H,27,28,29)/b22-13+. The highest BCUT2D eigenvalue weighted by atomic mass is 79.9. The summed E-state index contributed by atoms with van der Waals surface area (Å²) in [5.41, 5.74) is 3.70. The Kier molecular flexibility index (Phi) is 6.96. The lowest BCUT2D eigenvalue weighted by atomic mass is 10.1. The van der Waals surface area contributed by atoms with Gasteiger partial charge in [0.2, 0.25) is 0 Å². The van der Waals surface area contributed by atoms with E-state index in [1.807, 2.05) is 49.4 Å². The summed E-state index contributed by atoms with van der Waals surface area (Å²) in [5.74, 6) is -0.590. The summed E-state index contributed by atoms with van der Waals surface area (Å²) in [6, 6.07) is 19.8. The number of aliphatic imine (C=N–C) groups is 1. The molecule has 3 aromatic carbocycles. The number of ether oxygens (including phenoxy) is 1. The Hall–Kier alpha value is -3.36. The average Bonchev–Trinajstić information content (AvgIpc) is 3.13. The van der Waals surface area contributed by atoms with E-state index in [9.17, 15) is 9.59 Å². The number of aromatic carboxylic acids is 1. The first-order valence-electron chi connectivity index (χ1n) is 9.98. The van der Waals surface area contributed by atoms with E-state index in [1.165, 1.54) is 11.8 Å². The second-order valence-corrected chi connectivity index (χ2v) is 9.24. The van der Waals surface area contributed by atoms with Crippen LogP contribution in [0.15, 0.2) is 81.1 Å². The summed E-state index contributed by atoms with van der Waals surface area (Å²) in [6.07, 6.45) is 1.77. The first-order chi connectivity index (χ1) is 15.9. The fourth-order valence-electron chi connectivity index (χ4n) is 3.03. The molecule has 1 saturated heterocycles. The maximum absolute atomic E-state index is 12.5. The maximum Gasteiger partial charge on any atom is 0.335 e. The molecule has 166 valence electrons. The lowest BCUT2D eigenvalue weighted by molar-refractivity contribution is -0.115. The monoisotopic (exact) mass is 522 g/mol. The molecule has 0 aromatic heterocycles. The summed E-state index contributed by atoms with van der Waals surface area (Å²) in [5, 5.41) is 12.3. The Morgan fingerprint density at radius 1 is 1.12 bits per heavy atom. The van der Waals surface area contributed by atoms with E-state index in [-0.39, 0.29) is 18.1 Å². The molecule has 1 aliphatic heterocycles. The lowest BCUT2D eigenvalue weighted by Gasteiger charge is -2.10. The van der Waals surface area contributed by atoms with Crippen molar-refractivity contribution in [3.05, 3.63) is 98.4 Å². The third-order valence-corrected chi connectivity index (χ3v) is 6.17. The average molecular weight is 523 g/mol. The van der Waals surface area contributed by atoms with Gasteiger partial charge in [-0.05, 0) is 72.8 Å². The van der Waals surface area contributed by atoms with Crippen molar-refractivity contribution in [3.63, 3.8) is 0 Å². The van der Waals surface area contributed by atoms with Crippen LogP contribution in [0.4, 0.5) is 5.69 Å². The van der Waals surface area contributed by atoms with Gasteiger partial charge in [0.1, 0.15) is 12.4 Å². The minimum absolute atomic E-state index is 0.221. The smallest absolute Gasteiger partial charge is 0.335 e. The van der Waals surface area contributed by atoms with Gasteiger partial charge in [-0.3, -0.25) is 4.79 Å². The zero-order chi connectivity index (χ0) is 23.4. The van der Waals surface area contributed by atoms with Crippen molar-refractivity contribution in [2.75, 3.05) is 0 Å². The number of carboxylic acids is 1. The highest BCUT2D eigenvalue weighted by Crippen LogP contribution is 2.32. The topological polar surface area (TPSA) is 88.0 Å². The molecule has 0 aliphatic carbocycles. The number of halogens is 1. The number of rotatable bonds is 6. The summed E-state index contributed by atoms with van der Waals surface area (Å²) in [7, 11) is 0. The number of carbonyl (C=O) groups excluding carboxylic acids is 1. The number of amidine groups is 1. The number of hydrogen-bond donors (Lipinski definition) is 2. The summed E-state index contributed by atoms with van der Waals surface area (Å²) in [6.45, 7) is 2.27. The highest BCUT2D eigenvalue weighted by Gasteiger charge is 2.24. The first-order valence-corrected chi connectivity index (χ1v) is 11.6. The van der Waals surface area contributed by atoms with E-state index >= 15 is 0 Å². The van der Waals surface area contributed by atoms with Gasteiger partial charge in [0.15, 0.2) is 5.17 Å². The molecule has 1 aliphatic rings. The molecule has 0 atom stereocenters. The van der Waals surface area contributed by atoms with Gasteiger partial charge in [-0.15, -0.1) is 0 Å². The predicted molar refractivity (Wildman–Crippen MR) is 134 cm³/mol. The van der Waals surface area contributed by atoms with Gasteiger partial charge in [0, 0.05) is 10.0 Å². The van der Waals surface area contributed by atoms with Crippen LogP contribution >= 0.6 is 27.7 Å². The van der Waals surface area contributed by atoms with E-state index in [0.717, 1.165) is 26.9 Å². The molecule has 0 saturated carbocycles. The van der Waals surface area contributed by atoms with E-state index < -0.39 is 5.97 Å². The molecular formula is C25H19BrN2O4S. The van der Waals surface area contributed by atoms with Crippen LogP contribution in [0.5, 0.6) is 5.75 Å². The minimum atomic E-state index is -0.970. The van der Waals surface area contributed by atoms with Crippen LogP contribution in [0.2, 0.25) is 0 Å². The molecule has 3 aromatic rings. The third-order valence-electron chi connectivity index (χ3n) is 4.77. The highest BCUT2D eigenvalue weighted by molar-refractivity contribution is 9.10. The van der Waals surface area contributed by atoms with Crippen molar-refractivity contribution in [3.8, 4) is 5.75 Å². The van der Waals surface area contributed by atoms with Crippen LogP contribution in [0.3, 0.4) is 0 Å². The van der Waals surface area contributed by atoms with Crippen molar-refractivity contribution < 1.29 is 19.4 Å². The zero-order valence-corrected chi connectivity index (χ0v) is 19.9. The van der Waals surface area contributed by atoms with Crippen LogP contribution in [0.25, 0.3) is 6.08 Å². The predicted octanol–water partition coefficient (Wildman–Crippen LogP) is 5.93. The van der Waals surface area contributed by atoms with Gasteiger partial charge in [-0.25, -0.2) is 9.79 Å². The van der Waals surface area contributed by atoms with Crippen molar-refractivity contribution in [2.45, 2.75) is 13.5 Å². The number of nitrogens with one attached hydrogen (secondary N) is 1. The number of carbonyl (C=O) groups is 2. The number of aryl methyl sites for hydroxylation is 1. The zero-order valence-electron chi connectivity index (χ0n) is 17.5. The molecule has 0 bridgehead atoms. The van der Waals surface area contributed by atoms with Crippen LogP contribution in [-0.2, 0) is 11.4 Å². The lowest BCUT2D eigenvalue weighted by Crippen LogP contribution is -2.19. The van der Waals surface area contributed by atoms with Crippen molar-refractivity contribution in [2.24, 2.45) is 4.99 Å². The third kappa shape index (κ3) is 5.91. The minimum Gasteiger partial charge on any atom is -0.488 e. The summed E-state index contributed by atoms with van der Waals surface area (Å²) >= 11 is 4.74. The molecule has 0 unspecified atom stereocenters. The fourth-order valence-corrected chi connectivity index (χ4v) is 4.24. The molecule has 1 amide bonds. The van der Waals surface area contributed by atoms with Crippen molar-refractivity contribution >= 4 is 56.5 Å². The van der Waals surface area contributed by atoms with Crippen molar-refractivity contribution in [1.82, 2.24) is 5.32 Å². The van der Waals surface area contributed by atoms with E-state index in [4.69, 9.17) is 9.84 Å². The Morgan fingerprint density at radius 3 is 2.55 bits per heavy atom. The summed E-state index contributed by atoms with van der Waals surface area (Å²) < 4.78 is 6.83. The molecule has 33 heavy (non-hydrogen) atoms. The van der Waals surface area contributed by atoms with Crippen LogP contribution in [0.1, 0.15) is 27.0 Å². The second kappa shape index (κ2) is 10.1. The Labute approximate surface area is 203 Å². The van der Waals surface area contributed by atoms with E-state index in [2.05, 4.69) is 26.2 Å². The molecule has 6 nitrogen and oxygen atoms in total. The largest absolute Gasteiger partial charge is 0.488 e. The molecule has 1 heterocycles. The molecular weight excluding hydrogens is 504 g/mol. The molecule has 0 spiro atoms. The number of carboxylic acid groups (broad SMARTS) is 1. The number of thioether (sulfide) groups is 1. The Morgan fingerprint density at radius 2 is 1.85 bits per heavy atom. The van der Waals surface area contributed by atoms with Crippen LogP contribution in [0, 0.1) is 6.92 Å². The SMILES string of the molecule is Cc1ccc(N=C2NC(=O)/C(=C\c3cc(Br)ccc3OCc3ccc(C(=O)O)cc3)S2)cc1. The van der Waals surface area contributed by atoms with Gasteiger partial charge in [-0.2, -0.15) is 0 Å². The molecule has 8 heteroatoms. The van der Waals surface area contributed by atoms with Crippen LogP contribution < -0.4 is 10.1 Å². The Bertz CT molecular complexity index is 1270. The van der Waals surface area contributed by atoms with E-state index in [0.29, 0.717) is 15.8 Å². The van der Waals surface area contributed by atoms with Gasteiger partial charge in [0.05, 0.1) is 16.2 Å². The van der Waals surface area contributed by atoms with Crippen molar-refractivity contribution in [1.29, 1.82) is 0 Å². The molecule has 1 fully saturated rings. The first kappa shape index (κ1) is 22.8. The molecule has 0 radical (unpaired) electrons. The second-order valence-electron chi connectivity index (χ2n) is 7.29. The number of nitrogens with zero attached hydrogens (tertiary/aromatic N) is 1. The van der Waals surface area contributed by atoms with Gasteiger partial charge < -0.3 is 15.2 Å². The normalized spacial score (nSPS) is 15.6. The van der Waals surface area contributed by atoms with Gasteiger partial charge in [-0.1, -0.05) is 45.8 Å². The summed E-state index contributed by atoms with van der Waals surface area (Å²) in [4.78, 5) is 28.5. The van der Waals surface area contributed by atoms with Crippen LogP contribution in [-0.4, -0.2) is 22.2 Å². The Balaban J connectivity index is 1.52. The molecule has 2 N–H and O–H groups in total. The van der Waals surface area contributed by atoms with Gasteiger partial charge >= 0.3 is 5.97 Å². The number of hydrogen-bond acceptors (Lipinski definition) is 5. The van der Waals surface area contributed by atoms with Gasteiger partial charge in [0.25, 0.3) is 5.91 Å². The van der Waals surface area contributed by atoms with E-state index in [1.54, 1.807) is 30.3 Å². The number of amides is 1.